The Morgan fingerprint density at radius 2 is 1.83 bits per heavy atom. The van der Waals surface area contributed by atoms with E-state index < -0.39 is 11.0 Å². The summed E-state index contributed by atoms with van der Waals surface area (Å²) in [6.45, 7) is 6.47. The van der Waals surface area contributed by atoms with Crippen LogP contribution in [0, 0.1) is 5.41 Å². The number of piperidine rings is 1. The number of primary amides is 1. The lowest BCUT2D eigenvalue weighted by Crippen LogP contribution is -2.50. The molecule has 1 saturated heterocycles. The van der Waals surface area contributed by atoms with Crippen LogP contribution < -0.4 is 5.73 Å². The first kappa shape index (κ1) is 17.2. The second kappa shape index (κ2) is 6.56. The molecule has 2 amide bonds. The molecule has 6 heteroatoms. The number of hydrogen-bond donors (Lipinski definition) is 1. The van der Waals surface area contributed by atoms with Gasteiger partial charge in [0.1, 0.15) is 5.60 Å². The van der Waals surface area contributed by atoms with Crippen LogP contribution in [0.2, 0.25) is 0 Å². The topological polar surface area (TPSA) is 85.5 Å². The minimum Gasteiger partial charge on any atom is -0.444 e. The summed E-state index contributed by atoms with van der Waals surface area (Å²) in [6.07, 6.45) is 4.75. The molecule has 2 N–H and O–H groups in total. The van der Waals surface area contributed by atoms with Crippen molar-refractivity contribution in [2.45, 2.75) is 45.6 Å². The third kappa shape index (κ3) is 4.43. The molecule has 0 bridgehead atoms. The number of carbonyl (C=O) groups is 2. The maximum atomic E-state index is 12.1. The lowest BCUT2D eigenvalue weighted by Gasteiger charge is -2.40. The quantitative estimate of drug-likeness (QED) is 0.924. The number of hydrogen-bond acceptors (Lipinski definition) is 4. The first-order chi connectivity index (χ1) is 10.7. The van der Waals surface area contributed by atoms with E-state index >= 15 is 0 Å². The molecule has 0 aromatic carbocycles. The normalized spacial score (nSPS) is 17.6. The van der Waals surface area contributed by atoms with E-state index in [4.69, 9.17) is 10.5 Å². The molecule has 1 aromatic heterocycles. The van der Waals surface area contributed by atoms with Gasteiger partial charge < -0.3 is 15.4 Å². The van der Waals surface area contributed by atoms with Crippen LogP contribution >= 0.6 is 0 Å². The number of amides is 2. The first-order valence-corrected chi connectivity index (χ1v) is 7.89. The van der Waals surface area contributed by atoms with E-state index in [2.05, 4.69) is 4.98 Å². The van der Waals surface area contributed by atoms with Crippen LogP contribution in [0.1, 0.15) is 39.2 Å². The predicted octanol–water partition coefficient (Wildman–Crippen LogP) is 2.13. The molecule has 1 aliphatic rings. The molecule has 2 heterocycles. The lowest BCUT2D eigenvalue weighted by molar-refractivity contribution is -0.130. The highest BCUT2D eigenvalue weighted by atomic mass is 16.6. The highest BCUT2D eigenvalue weighted by molar-refractivity contribution is 5.81. The number of carbonyl (C=O) groups excluding carboxylic acids is 2. The predicted molar refractivity (Wildman–Crippen MR) is 86.6 cm³/mol. The molecule has 6 nitrogen and oxygen atoms in total. The number of nitrogens with zero attached hydrogens (tertiary/aromatic N) is 2. The molecule has 0 atom stereocenters. The first-order valence-electron chi connectivity index (χ1n) is 7.89. The van der Waals surface area contributed by atoms with Crippen molar-refractivity contribution in [1.82, 2.24) is 9.88 Å². The Labute approximate surface area is 137 Å². The summed E-state index contributed by atoms with van der Waals surface area (Å²) in [7, 11) is 0. The van der Waals surface area contributed by atoms with E-state index in [9.17, 15) is 9.59 Å². The Morgan fingerprint density at radius 3 is 2.30 bits per heavy atom. The largest absolute Gasteiger partial charge is 0.444 e. The molecule has 23 heavy (non-hydrogen) atoms. The van der Waals surface area contributed by atoms with Gasteiger partial charge >= 0.3 is 6.09 Å². The maximum Gasteiger partial charge on any atom is 0.410 e. The van der Waals surface area contributed by atoms with E-state index in [0.29, 0.717) is 32.4 Å². The summed E-state index contributed by atoms with van der Waals surface area (Å²) in [5.74, 6) is -0.307. The third-order valence-corrected chi connectivity index (χ3v) is 4.19. The van der Waals surface area contributed by atoms with Crippen LogP contribution in [-0.2, 0) is 16.0 Å². The molecule has 0 radical (unpaired) electrons. The fraction of sp³-hybridized carbons (Fsp3) is 0.588. The Balaban J connectivity index is 2.03. The number of ether oxygens (including phenoxy) is 1. The second-order valence-corrected chi connectivity index (χ2v) is 7.14. The molecule has 0 unspecified atom stereocenters. The molecule has 0 spiro atoms. The van der Waals surface area contributed by atoms with Crippen molar-refractivity contribution in [2.75, 3.05) is 13.1 Å². The Kier molecular flexibility index (Phi) is 4.92. The zero-order valence-corrected chi connectivity index (χ0v) is 14.0. The zero-order valence-electron chi connectivity index (χ0n) is 14.0. The van der Waals surface area contributed by atoms with Crippen LogP contribution in [0.3, 0.4) is 0 Å². The van der Waals surface area contributed by atoms with Gasteiger partial charge in [0.15, 0.2) is 0 Å². The second-order valence-electron chi connectivity index (χ2n) is 7.14. The van der Waals surface area contributed by atoms with Crippen molar-refractivity contribution in [1.29, 1.82) is 0 Å². The molecular weight excluding hydrogens is 294 g/mol. The van der Waals surface area contributed by atoms with E-state index in [0.717, 1.165) is 5.56 Å². The summed E-state index contributed by atoms with van der Waals surface area (Å²) in [5, 5.41) is 0. The SMILES string of the molecule is CC(C)(C)OC(=O)N1CCC(Cc2ccncc2)(C(N)=O)CC1. The van der Waals surface area contributed by atoms with E-state index in [1.165, 1.54) is 0 Å². The Morgan fingerprint density at radius 1 is 1.26 bits per heavy atom. The smallest absolute Gasteiger partial charge is 0.410 e. The van der Waals surface area contributed by atoms with Gasteiger partial charge in [-0.1, -0.05) is 0 Å². The highest BCUT2D eigenvalue weighted by Crippen LogP contribution is 2.35. The van der Waals surface area contributed by atoms with Gasteiger partial charge in [-0.05, 0) is 57.7 Å². The summed E-state index contributed by atoms with van der Waals surface area (Å²) >= 11 is 0. The van der Waals surface area contributed by atoms with Crippen molar-refractivity contribution in [3.63, 3.8) is 0 Å². The van der Waals surface area contributed by atoms with Crippen molar-refractivity contribution < 1.29 is 14.3 Å². The van der Waals surface area contributed by atoms with Gasteiger partial charge in [0.05, 0.1) is 5.41 Å². The summed E-state index contributed by atoms with van der Waals surface area (Å²) in [6, 6.07) is 3.79. The summed E-state index contributed by atoms with van der Waals surface area (Å²) in [4.78, 5) is 29.8. The average molecular weight is 319 g/mol. The molecule has 0 aliphatic carbocycles. The van der Waals surface area contributed by atoms with Gasteiger partial charge in [-0.25, -0.2) is 4.79 Å². The van der Waals surface area contributed by atoms with Gasteiger partial charge in [0.25, 0.3) is 0 Å². The molecule has 1 aromatic rings. The molecule has 126 valence electrons. The van der Waals surface area contributed by atoms with E-state index in [1.54, 1.807) is 17.3 Å². The molecule has 2 rings (SSSR count). The van der Waals surface area contributed by atoms with Crippen molar-refractivity contribution in [2.24, 2.45) is 11.1 Å². The lowest BCUT2D eigenvalue weighted by atomic mass is 9.73. The van der Waals surface area contributed by atoms with Crippen LogP contribution in [-0.4, -0.2) is 40.6 Å². The number of aromatic nitrogens is 1. The standard InChI is InChI=1S/C17H25N3O3/c1-16(2,3)23-15(22)20-10-6-17(7-11-20,14(18)21)12-13-4-8-19-9-5-13/h4-5,8-9H,6-7,10-12H2,1-3H3,(H2,18,21). The average Bonchev–Trinajstić information content (AvgIpc) is 2.47. The van der Waals surface area contributed by atoms with Gasteiger partial charge in [-0.3, -0.25) is 9.78 Å². The summed E-state index contributed by atoms with van der Waals surface area (Å²) < 4.78 is 5.39. The van der Waals surface area contributed by atoms with Crippen molar-refractivity contribution in [3.8, 4) is 0 Å². The van der Waals surface area contributed by atoms with E-state index in [-0.39, 0.29) is 12.0 Å². The van der Waals surface area contributed by atoms with E-state index in [1.807, 2.05) is 32.9 Å². The molecular formula is C17H25N3O3. The van der Waals surface area contributed by atoms with Crippen LogP contribution in [0.25, 0.3) is 0 Å². The number of nitrogens with two attached hydrogens (primary N) is 1. The molecule has 1 aliphatic heterocycles. The van der Waals surface area contributed by atoms with Gasteiger partial charge in [-0.15, -0.1) is 0 Å². The van der Waals surface area contributed by atoms with Gasteiger partial charge in [0.2, 0.25) is 5.91 Å². The van der Waals surface area contributed by atoms with Crippen LogP contribution in [0.5, 0.6) is 0 Å². The number of likely N-dealkylation sites (tertiary alicyclic amines) is 1. The van der Waals surface area contributed by atoms with Crippen molar-refractivity contribution >= 4 is 12.0 Å². The van der Waals surface area contributed by atoms with Crippen LogP contribution in [0.15, 0.2) is 24.5 Å². The van der Waals surface area contributed by atoms with Gasteiger partial charge in [-0.2, -0.15) is 0 Å². The third-order valence-electron chi connectivity index (χ3n) is 4.19. The minimum atomic E-state index is -0.611. The number of pyridine rings is 1. The highest BCUT2D eigenvalue weighted by Gasteiger charge is 2.41. The maximum absolute atomic E-state index is 12.1. The zero-order chi connectivity index (χ0) is 17.1. The number of rotatable bonds is 3. The monoisotopic (exact) mass is 319 g/mol. The fourth-order valence-corrected chi connectivity index (χ4v) is 2.85. The fourth-order valence-electron chi connectivity index (χ4n) is 2.85. The Hall–Kier alpha value is -2.11. The minimum absolute atomic E-state index is 0.307. The Bertz CT molecular complexity index is 558. The van der Waals surface area contributed by atoms with Crippen molar-refractivity contribution in [3.05, 3.63) is 30.1 Å². The van der Waals surface area contributed by atoms with Gasteiger partial charge in [0, 0.05) is 25.5 Å². The molecule has 1 fully saturated rings. The summed E-state index contributed by atoms with van der Waals surface area (Å²) in [5.41, 5.74) is 5.58. The van der Waals surface area contributed by atoms with Crippen LogP contribution in [0.4, 0.5) is 4.79 Å². The molecule has 0 saturated carbocycles.